The van der Waals surface area contributed by atoms with Crippen molar-refractivity contribution in [2.75, 3.05) is 11.9 Å². The van der Waals surface area contributed by atoms with Crippen molar-refractivity contribution in [2.24, 2.45) is 0 Å². The van der Waals surface area contributed by atoms with Gasteiger partial charge >= 0.3 is 0 Å². The standard InChI is InChI=1S/C27H25ClN2O2/c1-5-32-22-12-10-21(11-13-22)29-27(31)24-18(4)26(19-6-8-20(28)9-7-19)30-25-17(3)14-16(2)15-23(24)25/h6-15H,5H2,1-4H3,(H,29,31). The van der Waals surface area contributed by atoms with Crippen LogP contribution in [0, 0.1) is 20.8 Å². The number of aryl methyl sites for hydroxylation is 2. The zero-order chi connectivity index (χ0) is 22.8. The third-order valence-corrected chi connectivity index (χ3v) is 5.69. The molecule has 0 aliphatic carbocycles. The molecule has 0 aliphatic rings. The van der Waals surface area contributed by atoms with Crippen LogP contribution < -0.4 is 10.1 Å². The maximum absolute atomic E-state index is 13.5. The molecule has 4 nitrogen and oxygen atoms in total. The van der Waals surface area contributed by atoms with Gasteiger partial charge in [-0.15, -0.1) is 0 Å². The van der Waals surface area contributed by atoms with E-state index in [1.165, 1.54) is 0 Å². The molecule has 4 rings (SSSR count). The first-order chi connectivity index (χ1) is 15.4. The number of carbonyl (C=O) groups is 1. The molecular weight excluding hydrogens is 420 g/mol. The number of rotatable bonds is 5. The number of ether oxygens (including phenoxy) is 1. The van der Waals surface area contributed by atoms with Gasteiger partial charge in [-0.2, -0.15) is 0 Å². The Morgan fingerprint density at radius 2 is 1.69 bits per heavy atom. The Morgan fingerprint density at radius 3 is 2.34 bits per heavy atom. The zero-order valence-electron chi connectivity index (χ0n) is 18.6. The second-order valence-electron chi connectivity index (χ2n) is 7.86. The number of carbonyl (C=O) groups excluding carboxylic acids is 1. The van der Waals surface area contributed by atoms with E-state index in [2.05, 4.69) is 11.4 Å². The fourth-order valence-corrected chi connectivity index (χ4v) is 4.12. The summed E-state index contributed by atoms with van der Waals surface area (Å²) in [7, 11) is 0. The third-order valence-electron chi connectivity index (χ3n) is 5.44. The molecule has 4 aromatic rings. The third kappa shape index (κ3) is 4.32. The fourth-order valence-electron chi connectivity index (χ4n) is 3.99. The molecule has 162 valence electrons. The molecule has 0 radical (unpaired) electrons. The van der Waals surface area contributed by atoms with Crippen LogP contribution in [0.2, 0.25) is 5.02 Å². The van der Waals surface area contributed by atoms with Crippen LogP contribution in [0.15, 0.2) is 60.7 Å². The Morgan fingerprint density at radius 1 is 1.00 bits per heavy atom. The van der Waals surface area contributed by atoms with E-state index >= 15 is 0 Å². The van der Waals surface area contributed by atoms with Crippen LogP contribution in [0.5, 0.6) is 5.75 Å². The largest absolute Gasteiger partial charge is 0.494 e. The number of nitrogens with zero attached hydrogens (tertiary/aromatic N) is 1. The number of amides is 1. The lowest BCUT2D eigenvalue weighted by atomic mass is 9.94. The van der Waals surface area contributed by atoms with E-state index in [1.807, 2.05) is 82.3 Å². The predicted molar refractivity (Wildman–Crippen MR) is 132 cm³/mol. The minimum Gasteiger partial charge on any atom is -0.494 e. The summed E-state index contributed by atoms with van der Waals surface area (Å²) in [5.41, 5.74) is 6.80. The van der Waals surface area contributed by atoms with Crippen molar-refractivity contribution >= 4 is 34.1 Å². The second-order valence-corrected chi connectivity index (χ2v) is 8.29. The maximum atomic E-state index is 13.5. The summed E-state index contributed by atoms with van der Waals surface area (Å²) in [4.78, 5) is 18.5. The van der Waals surface area contributed by atoms with Crippen molar-refractivity contribution in [3.05, 3.63) is 87.9 Å². The van der Waals surface area contributed by atoms with Gasteiger partial charge in [0.1, 0.15) is 5.75 Å². The number of halogens is 1. The highest BCUT2D eigenvalue weighted by Crippen LogP contribution is 2.33. The molecule has 0 saturated carbocycles. The normalized spacial score (nSPS) is 10.9. The van der Waals surface area contributed by atoms with Crippen LogP contribution in [0.4, 0.5) is 5.69 Å². The van der Waals surface area contributed by atoms with E-state index in [0.717, 1.165) is 44.6 Å². The highest BCUT2D eigenvalue weighted by molar-refractivity contribution is 6.30. The van der Waals surface area contributed by atoms with E-state index < -0.39 is 0 Å². The average molecular weight is 445 g/mol. The van der Waals surface area contributed by atoms with Crippen molar-refractivity contribution in [1.82, 2.24) is 4.98 Å². The molecule has 1 N–H and O–H groups in total. The van der Waals surface area contributed by atoms with Crippen LogP contribution in [0.1, 0.15) is 34.0 Å². The van der Waals surface area contributed by atoms with Crippen LogP contribution in [0.25, 0.3) is 22.2 Å². The smallest absolute Gasteiger partial charge is 0.256 e. The van der Waals surface area contributed by atoms with Crippen molar-refractivity contribution in [3.8, 4) is 17.0 Å². The lowest BCUT2D eigenvalue weighted by Gasteiger charge is -2.17. The van der Waals surface area contributed by atoms with Gasteiger partial charge in [0.2, 0.25) is 0 Å². The number of nitrogens with one attached hydrogen (secondary N) is 1. The number of hydrogen-bond acceptors (Lipinski definition) is 3. The Hall–Kier alpha value is -3.37. The second kappa shape index (κ2) is 9.01. The zero-order valence-corrected chi connectivity index (χ0v) is 19.4. The summed E-state index contributed by atoms with van der Waals surface area (Å²) >= 11 is 6.09. The van der Waals surface area contributed by atoms with Gasteiger partial charge in [-0.3, -0.25) is 4.79 Å². The quantitative estimate of drug-likeness (QED) is 0.356. The van der Waals surface area contributed by atoms with Gasteiger partial charge in [0.05, 0.1) is 23.4 Å². The minimum absolute atomic E-state index is 0.167. The molecular formula is C27H25ClN2O2. The summed E-state index contributed by atoms with van der Waals surface area (Å²) in [6.45, 7) is 8.54. The first-order valence-corrected chi connectivity index (χ1v) is 11.0. The molecule has 3 aromatic carbocycles. The van der Waals surface area contributed by atoms with Gasteiger partial charge in [0, 0.05) is 21.7 Å². The molecule has 0 bridgehead atoms. The lowest BCUT2D eigenvalue weighted by molar-refractivity contribution is 0.102. The van der Waals surface area contributed by atoms with E-state index in [-0.39, 0.29) is 5.91 Å². The van der Waals surface area contributed by atoms with Gasteiger partial charge in [0.15, 0.2) is 0 Å². The Balaban J connectivity index is 1.85. The summed E-state index contributed by atoms with van der Waals surface area (Å²) < 4.78 is 5.50. The van der Waals surface area contributed by atoms with E-state index in [9.17, 15) is 4.79 Å². The fraction of sp³-hybridized carbons (Fsp3) is 0.185. The molecule has 0 aliphatic heterocycles. The van der Waals surface area contributed by atoms with Gasteiger partial charge in [-0.1, -0.05) is 35.4 Å². The van der Waals surface area contributed by atoms with Crippen molar-refractivity contribution < 1.29 is 9.53 Å². The number of anilines is 1. The summed E-state index contributed by atoms with van der Waals surface area (Å²) in [5.74, 6) is 0.603. The number of aromatic nitrogens is 1. The molecule has 1 aromatic heterocycles. The average Bonchev–Trinajstić information content (AvgIpc) is 2.75. The maximum Gasteiger partial charge on any atom is 0.256 e. The molecule has 1 amide bonds. The molecule has 1 heterocycles. The Kier molecular flexibility index (Phi) is 6.15. The number of fused-ring (bicyclic) bond motifs is 1. The van der Waals surface area contributed by atoms with Gasteiger partial charge in [-0.25, -0.2) is 4.98 Å². The van der Waals surface area contributed by atoms with Gasteiger partial charge in [-0.05, 0) is 81.3 Å². The van der Waals surface area contributed by atoms with Crippen molar-refractivity contribution in [2.45, 2.75) is 27.7 Å². The molecule has 0 fully saturated rings. The Labute approximate surface area is 193 Å². The van der Waals surface area contributed by atoms with E-state index in [4.69, 9.17) is 21.3 Å². The molecule has 0 unspecified atom stereocenters. The predicted octanol–water partition coefficient (Wildman–Crippen LogP) is 7.13. The van der Waals surface area contributed by atoms with Crippen molar-refractivity contribution in [1.29, 1.82) is 0 Å². The number of benzene rings is 3. The molecule has 5 heteroatoms. The van der Waals surface area contributed by atoms with Crippen molar-refractivity contribution in [3.63, 3.8) is 0 Å². The topological polar surface area (TPSA) is 51.2 Å². The Bertz CT molecular complexity index is 1300. The minimum atomic E-state index is -0.167. The number of hydrogen-bond donors (Lipinski definition) is 1. The first kappa shape index (κ1) is 21.8. The van der Waals surface area contributed by atoms with Crippen LogP contribution >= 0.6 is 11.6 Å². The molecule has 32 heavy (non-hydrogen) atoms. The molecule has 0 saturated heterocycles. The monoisotopic (exact) mass is 444 g/mol. The SMILES string of the molecule is CCOc1ccc(NC(=O)c2c(C)c(-c3ccc(Cl)cc3)nc3c(C)cc(C)cc23)cc1. The van der Waals surface area contributed by atoms with Gasteiger partial charge < -0.3 is 10.1 Å². The number of pyridine rings is 1. The summed E-state index contributed by atoms with van der Waals surface area (Å²) in [5, 5.41) is 4.55. The lowest BCUT2D eigenvalue weighted by Crippen LogP contribution is -2.15. The molecule has 0 atom stereocenters. The highest BCUT2D eigenvalue weighted by Gasteiger charge is 2.20. The summed E-state index contributed by atoms with van der Waals surface area (Å²) in [6.07, 6.45) is 0. The summed E-state index contributed by atoms with van der Waals surface area (Å²) in [6, 6.07) is 19.0. The van der Waals surface area contributed by atoms with Crippen LogP contribution in [0.3, 0.4) is 0 Å². The van der Waals surface area contributed by atoms with Crippen LogP contribution in [-0.4, -0.2) is 17.5 Å². The van der Waals surface area contributed by atoms with Gasteiger partial charge in [0.25, 0.3) is 5.91 Å². The molecule has 0 spiro atoms. The van der Waals surface area contributed by atoms with E-state index in [1.54, 1.807) is 0 Å². The van der Waals surface area contributed by atoms with Crippen LogP contribution in [-0.2, 0) is 0 Å². The van der Waals surface area contributed by atoms with E-state index in [0.29, 0.717) is 22.9 Å². The highest BCUT2D eigenvalue weighted by atomic mass is 35.5. The first-order valence-electron chi connectivity index (χ1n) is 10.6.